The number of methoxy groups -OCH3 is 1. The van der Waals surface area contributed by atoms with Crippen LogP contribution >= 0.6 is 0 Å². The van der Waals surface area contributed by atoms with Crippen LogP contribution in [0, 0.1) is 10.1 Å². The highest BCUT2D eigenvalue weighted by molar-refractivity contribution is 5.88. The number of nitro groups is 1. The van der Waals surface area contributed by atoms with Gasteiger partial charge in [0, 0.05) is 25.2 Å². The molecule has 1 aliphatic heterocycles. The number of aromatic nitrogens is 2. The van der Waals surface area contributed by atoms with Crippen LogP contribution < -0.4 is 20.5 Å². The summed E-state index contributed by atoms with van der Waals surface area (Å²) in [4.78, 5) is 43.7. The Morgan fingerprint density at radius 1 is 1.35 bits per heavy atom. The molecule has 0 aliphatic carbocycles. The van der Waals surface area contributed by atoms with Crippen LogP contribution in [-0.4, -0.2) is 60.4 Å². The number of ether oxygens (including phenoxy) is 3. The van der Waals surface area contributed by atoms with Gasteiger partial charge in [0.1, 0.15) is 17.0 Å². The Morgan fingerprint density at radius 3 is 2.65 bits per heavy atom. The lowest BCUT2D eigenvalue weighted by molar-refractivity contribution is -0.384. The quantitative estimate of drug-likeness (QED) is 0.376. The number of esters is 1. The molecule has 0 atom stereocenters. The minimum atomic E-state index is -0.793. The summed E-state index contributed by atoms with van der Waals surface area (Å²) >= 11 is 0. The third-order valence-electron chi connectivity index (χ3n) is 4.46. The first kappa shape index (κ1) is 22.0. The lowest BCUT2D eigenvalue weighted by atomic mass is 10.2. The number of aromatic amines is 1. The summed E-state index contributed by atoms with van der Waals surface area (Å²) in [5, 5.41) is 14.5. The van der Waals surface area contributed by atoms with E-state index in [1.807, 2.05) is 4.90 Å². The fourth-order valence-electron chi connectivity index (χ4n) is 3.04. The number of nitrogens with zero attached hydrogens (tertiary/aromatic N) is 3. The number of hydrogen-bond donors (Lipinski definition) is 2. The third kappa shape index (κ3) is 5.09. The van der Waals surface area contributed by atoms with Crippen molar-refractivity contribution in [2.45, 2.75) is 20.0 Å². The third-order valence-corrected chi connectivity index (χ3v) is 4.46. The number of H-pyrrole nitrogens is 1. The molecule has 2 heterocycles. The molecule has 0 unspecified atom stereocenters. The van der Waals surface area contributed by atoms with Crippen molar-refractivity contribution in [3.8, 4) is 5.75 Å². The number of rotatable bonds is 7. The minimum absolute atomic E-state index is 0.0159. The van der Waals surface area contributed by atoms with Crippen molar-refractivity contribution >= 4 is 29.0 Å². The zero-order valence-electron chi connectivity index (χ0n) is 17.3. The van der Waals surface area contributed by atoms with Gasteiger partial charge in [0.25, 0.3) is 11.2 Å². The summed E-state index contributed by atoms with van der Waals surface area (Å²) in [6.45, 7) is 5.29. The molecular formula is C19H23N5O7. The molecule has 0 bridgehead atoms. The van der Waals surface area contributed by atoms with E-state index in [2.05, 4.69) is 15.3 Å². The van der Waals surface area contributed by atoms with Gasteiger partial charge < -0.3 is 24.4 Å². The first-order valence-corrected chi connectivity index (χ1v) is 9.56. The summed E-state index contributed by atoms with van der Waals surface area (Å²) in [7, 11) is 1.43. The predicted molar refractivity (Wildman–Crippen MR) is 111 cm³/mol. The molecule has 0 spiro atoms. The second-order valence-corrected chi connectivity index (χ2v) is 6.95. The predicted octanol–water partition coefficient (Wildman–Crippen LogP) is 1.83. The standard InChI is InChI=1S/C19H23N5O7/c1-11(2)31-18(26)12-10-20-19(22-17(12)25)21-13-8-15(24(27)28)14(9-16(13)29-3)23-4-6-30-7-5-23/h8-11H,4-7H2,1-3H3,(H2,20,21,22,25). The fraction of sp³-hybridized carbons (Fsp3) is 0.421. The van der Waals surface area contributed by atoms with Crippen molar-refractivity contribution in [3.63, 3.8) is 0 Å². The molecule has 12 nitrogen and oxygen atoms in total. The van der Waals surface area contributed by atoms with Crippen molar-refractivity contribution in [1.82, 2.24) is 9.97 Å². The fourth-order valence-corrected chi connectivity index (χ4v) is 3.04. The van der Waals surface area contributed by atoms with E-state index in [9.17, 15) is 19.7 Å². The summed E-state index contributed by atoms with van der Waals surface area (Å²) in [6.07, 6.45) is 0.689. The Balaban J connectivity index is 1.93. The van der Waals surface area contributed by atoms with Crippen molar-refractivity contribution in [2.75, 3.05) is 43.6 Å². The number of morpholine rings is 1. The van der Waals surface area contributed by atoms with E-state index < -0.39 is 16.5 Å². The Morgan fingerprint density at radius 2 is 2.06 bits per heavy atom. The van der Waals surface area contributed by atoms with Gasteiger partial charge in [-0.2, -0.15) is 0 Å². The lowest BCUT2D eigenvalue weighted by Gasteiger charge is -2.29. The van der Waals surface area contributed by atoms with Crippen LogP contribution in [0.3, 0.4) is 0 Å². The van der Waals surface area contributed by atoms with Gasteiger partial charge in [-0.3, -0.25) is 19.9 Å². The maximum Gasteiger partial charge on any atom is 0.345 e. The average Bonchev–Trinajstić information content (AvgIpc) is 2.73. The van der Waals surface area contributed by atoms with Crippen molar-refractivity contribution in [1.29, 1.82) is 0 Å². The summed E-state index contributed by atoms with van der Waals surface area (Å²) in [6, 6.07) is 2.86. The van der Waals surface area contributed by atoms with Gasteiger partial charge in [-0.05, 0) is 13.8 Å². The highest BCUT2D eigenvalue weighted by Gasteiger charge is 2.25. The highest BCUT2D eigenvalue weighted by atomic mass is 16.6. The molecule has 0 amide bonds. The van der Waals surface area contributed by atoms with Crippen LogP contribution in [0.1, 0.15) is 24.2 Å². The molecule has 2 aromatic rings. The number of hydrogen-bond acceptors (Lipinski definition) is 10. The van der Waals surface area contributed by atoms with Gasteiger partial charge in [-0.1, -0.05) is 0 Å². The molecule has 1 saturated heterocycles. The zero-order chi connectivity index (χ0) is 22.5. The molecule has 12 heteroatoms. The average molecular weight is 433 g/mol. The molecule has 2 N–H and O–H groups in total. The SMILES string of the molecule is COc1cc(N2CCOCC2)c([N+](=O)[O-])cc1Nc1ncc(C(=O)OC(C)C)c(=O)[nH]1. The molecule has 1 aromatic heterocycles. The maximum absolute atomic E-state index is 12.2. The Kier molecular flexibility index (Phi) is 6.70. The number of carbonyl (C=O) groups is 1. The molecular weight excluding hydrogens is 410 g/mol. The largest absolute Gasteiger partial charge is 0.494 e. The second-order valence-electron chi connectivity index (χ2n) is 6.95. The number of anilines is 3. The summed E-state index contributed by atoms with van der Waals surface area (Å²) in [5.41, 5.74) is -0.457. The van der Waals surface area contributed by atoms with E-state index in [4.69, 9.17) is 14.2 Å². The van der Waals surface area contributed by atoms with E-state index >= 15 is 0 Å². The van der Waals surface area contributed by atoms with Crippen LogP contribution in [-0.2, 0) is 9.47 Å². The molecule has 1 aliphatic rings. The first-order chi connectivity index (χ1) is 14.8. The summed E-state index contributed by atoms with van der Waals surface area (Å²) < 4.78 is 15.7. The van der Waals surface area contributed by atoms with E-state index in [-0.39, 0.29) is 29.0 Å². The second kappa shape index (κ2) is 9.43. The Hall–Kier alpha value is -3.67. The monoisotopic (exact) mass is 433 g/mol. The van der Waals surface area contributed by atoms with Crippen molar-refractivity contribution < 1.29 is 23.9 Å². The normalized spacial score (nSPS) is 13.7. The maximum atomic E-state index is 12.2. The van der Waals surface area contributed by atoms with E-state index in [1.54, 1.807) is 19.9 Å². The summed E-state index contributed by atoms with van der Waals surface area (Å²) in [5.74, 6) is -0.491. The van der Waals surface area contributed by atoms with E-state index in [0.717, 1.165) is 6.20 Å². The molecule has 166 valence electrons. The molecule has 1 aromatic carbocycles. The Bertz CT molecular complexity index is 1030. The van der Waals surface area contributed by atoms with Crippen LogP contribution in [0.25, 0.3) is 0 Å². The van der Waals surface area contributed by atoms with Gasteiger partial charge in [-0.15, -0.1) is 0 Å². The number of carbonyl (C=O) groups excluding carboxylic acids is 1. The zero-order valence-corrected chi connectivity index (χ0v) is 17.3. The van der Waals surface area contributed by atoms with Crippen molar-refractivity contribution in [3.05, 3.63) is 44.4 Å². The Labute approximate surface area is 177 Å². The number of nitrogens with one attached hydrogen (secondary N) is 2. The van der Waals surface area contributed by atoms with Crippen molar-refractivity contribution in [2.24, 2.45) is 0 Å². The van der Waals surface area contributed by atoms with Gasteiger partial charge in [0.15, 0.2) is 0 Å². The van der Waals surface area contributed by atoms with Crippen LogP contribution in [0.2, 0.25) is 0 Å². The first-order valence-electron chi connectivity index (χ1n) is 9.56. The van der Waals surface area contributed by atoms with Crippen LogP contribution in [0.5, 0.6) is 5.75 Å². The minimum Gasteiger partial charge on any atom is -0.494 e. The lowest BCUT2D eigenvalue weighted by Crippen LogP contribution is -2.36. The highest BCUT2D eigenvalue weighted by Crippen LogP contribution is 2.39. The molecule has 3 rings (SSSR count). The van der Waals surface area contributed by atoms with Gasteiger partial charge >= 0.3 is 5.97 Å². The van der Waals surface area contributed by atoms with Gasteiger partial charge in [0.05, 0.1) is 43.2 Å². The molecule has 0 radical (unpaired) electrons. The van der Waals surface area contributed by atoms with Gasteiger partial charge in [0.2, 0.25) is 5.95 Å². The van der Waals surface area contributed by atoms with Gasteiger partial charge in [-0.25, -0.2) is 9.78 Å². The molecule has 0 saturated carbocycles. The topological polar surface area (TPSA) is 149 Å². The number of nitro benzene ring substituents is 1. The molecule has 31 heavy (non-hydrogen) atoms. The molecule has 1 fully saturated rings. The van der Waals surface area contributed by atoms with E-state index in [1.165, 1.54) is 13.2 Å². The van der Waals surface area contributed by atoms with Crippen LogP contribution in [0.4, 0.5) is 23.0 Å². The van der Waals surface area contributed by atoms with E-state index in [0.29, 0.717) is 37.7 Å². The number of benzene rings is 1. The smallest absolute Gasteiger partial charge is 0.345 e. The van der Waals surface area contributed by atoms with Crippen LogP contribution in [0.15, 0.2) is 23.1 Å².